The third kappa shape index (κ3) is 6.23. The van der Waals surface area contributed by atoms with Crippen LogP contribution in [0.2, 0.25) is 10.0 Å². The van der Waals surface area contributed by atoms with Crippen molar-refractivity contribution in [3.8, 4) is 5.75 Å². The molecule has 0 fully saturated rings. The molecule has 31 heavy (non-hydrogen) atoms. The van der Waals surface area contributed by atoms with E-state index in [0.29, 0.717) is 22.2 Å². The van der Waals surface area contributed by atoms with E-state index in [-0.39, 0.29) is 22.6 Å². The van der Waals surface area contributed by atoms with E-state index in [1.165, 1.54) is 33.3 Å². The summed E-state index contributed by atoms with van der Waals surface area (Å²) in [4.78, 5) is 14.6. The van der Waals surface area contributed by atoms with Crippen LogP contribution in [-0.2, 0) is 21.4 Å². The fourth-order valence-electron chi connectivity index (χ4n) is 2.81. The number of ether oxygens (including phenoxy) is 1. The third-order valence-electron chi connectivity index (χ3n) is 4.61. The van der Waals surface area contributed by atoms with Gasteiger partial charge in [0.05, 0.1) is 17.2 Å². The molecule has 0 bridgehead atoms. The summed E-state index contributed by atoms with van der Waals surface area (Å²) in [7, 11) is 0.604. The summed E-state index contributed by atoms with van der Waals surface area (Å²) in [5.74, 6) is 0.0227. The highest BCUT2D eigenvalue weighted by Gasteiger charge is 2.22. The first-order chi connectivity index (χ1) is 14.5. The van der Waals surface area contributed by atoms with E-state index in [2.05, 4.69) is 0 Å². The van der Waals surface area contributed by atoms with Crippen LogP contribution in [0.25, 0.3) is 6.08 Å². The van der Waals surface area contributed by atoms with Crippen molar-refractivity contribution in [2.45, 2.75) is 31.3 Å². The van der Waals surface area contributed by atoms with Gasteiger partial charge in [0.1, 0.15) is 10.6 Å². The van der Waals surface area contributed by atoms with E-state index < -0.39 is 10.0 Å². The molecule has 168 valence electrons. The Morgan fingerprint density at radius 3 is 2.32 bits per heavy atom. The van der Waals surface area contributed by atoms with Gasteiger partial charge in [-0.1, -0.05) is 35.3 Å². The summed E-state index contributed by atoms with van der Waals surface area (Å²) >= 11 is 12.1. The first-order valence-corrected chi connectivity index (χ1v) is 11.7. The first-order valence-electron chi connectivity index (χ1n) is 9.50. The van der Waals surface area contributed by atoms with Gasteiger partial charge in [0.25, 0.3) is 0 Å². The van der Waals surface area contributed by atoms with Gasteiger partial charge in [0.2, 0.25) is 15.9 Å². The summed E-state index contributed by atoms with van der Waals surface area (Å²) in [6, 6.07) is 9.93. The summed E-state index contributed by atoms with van der Waals surface area (Å²) in [6.07, 6.45) is 3.01. The Labute approximate surface area is 194 Å². The van der Waals surface area contributed by atoms with Gasteiger partial charge in [-0.2, -0.15) is 0 Å². The number of nitrogens with zero attached hydrogens (tertiary/aromatic N) is 2. The second-order valence-electron chi connectivity index (χ2n) is 7.34. The van der Waals surface area contributed by atoms with Crippen LogP contribution in [0.3, 0.4) is 0 Å². The SMILES string of the molecule is COc1ccc(/C=C/C(=O)N(Cc2ccc(Cl)c(Cl)c2)C(C)C)cc1S(=O)(=O)N(C)C. The van der Waals surface area contributed by atoms with Gasteiger partial charge < -0.3 is 9.64 Å². The number of amides is 1. The van der Waals surface area contributed by atoms with Crippen LogP contribution in [0.15, 0.2) is 47.4 Å². The Balaban J connectivity index is 2.29. The largest absolute Gasteiger partial charge is 0.495 e. The van der Waals surface area contributed by atoms with E-state index in [1.807, 2.05) is 19.9 Å². The molecule has 0 spiro atoms. The van der Waals surface area contributed by atoms with Crippen LogP contribution in [0.1, 0.15) is 25.0 Å². The standard InChI is InChI=1S/C22H26Cl2N2O4S/c1-15(2)26(14-17-6-9-18(23)19(24)12-17)22(27)11-8-16-7-10-20(30-5)21(13-16)31(28,29)25(3)4/h6-13,15H,14H2,1-5H3/b11-8+. The molecule has 2 aromatic rings. The molecular weight excluding hydrogens is 459 g/mol. The molecule has 0 saturated heterocycles. The molecule has 0 aliphatic heterocycles. The molecule has 0 atom stereocenters. The average Bonchev–Trinajstić information content (AvgIpc) is 2.72. The number of halogens is 2. The van der Waals surface area contributed by atoms with Crippen molar-refractivity contribution in [3.63, 3.8) is 0 Å². The Hall–Kier alpha value is -2.06. The van der Waals surface area contributed by atoms with Gasteiger partial charge in [-0.3, -0.25) is 4.79 Å². The summed E-state index contributed by atoms with van der Waals surface area (Å²) < 4.78 is 31.5. The van der Waals surface area contributed by atoms with Crippen LogP contribution in [0.5, 0.6) is 5.75 Å². The van der Waals surface area contributed by atoms with Gasteiger partial charge in [-0.15, -0.1) is 0 Å². The summed E-state index contributed by atoms with van der Waals surface area (Å²) in [5.41, 5.74) is 1.42. The van der Waals surface area contributed by atoms with Gasteiger partial charge in [0, 0.05) is 32.8 Å². The van der Waals surface area contributed by atoms with Gasteiger partial charge >= 0.3 is 0 Å². The van der Waals surface area contributed by atoms with Crippen molar-refractivity contribution in [2.75, 3.05) is 21.2 Å². The maximum absolute atomic E-state index is 12.9. The fraction of sp³-hybridized carbons (Fsp3) is 0.318. The van der Waals surface area contributed by atoms with E-state index in [4.69, 9.17) is 27.9 Å². The molecule has 9 heteroatoms. The van der Waals surface area contributed by atoms with Gasteiger partial charge in [-0.25, -0.2) is 12.7 Å². The molecule has 0 radical (unpaired) electrons. The molecule has 6 nitrogen and oxygen atoms in total. The molecular formula is C22H26Cl2N2O4S. The van der Waals surface area contributed by atoms with E-state index in [1.54, 1.807) is 35.2 Å². The lowest BCUT2D eigenvalue weighted by Gasteiger charge is -2.26. The Bertz CT molecular complexity index is 1080. The van der Waals surface area contributed by atoms with E-state index >= 15 is 0 Å². The monoisotopic (exact) mass is 484 g/mol. The Morgan fingerprint density at radius 2 is 1.77 bits per heavy atom. The predicted octanol–water partition coefficient (Wildman–Crippen LogP) is 4.70. The average molecular weight is 485 g/mol. The minimum absolute atomic E-state index is 0.0334. The smallest absolute Gasteiger partial charge is 0.247 e. The summed E-state index contributed by atoms with van der Waals surface area (Å²) in [6.45, 7) is 4.19. The zero-order valence-electron chi connectivity index (χ0n) is 18.1. The van der Waals surface area contributed by atoms with Crippen molar-refractivity contribution in [2.24, 2.45) is 0 Å². The molecule has 0 aliphatic rings. The highest BCUT2D eigenvalue weighted by atomic mass is 35.5. The third-order valence-corrected chi connectivity index (χ3v) is 7.18. The molecule has 0 aliphatic carbocycles. The quantitative estimate of drug-likeness (QED) is 0.509. The first kappa shape index (κ1) is 25.2. The normalized spacial score (nSPS) is 12.0. The van der Waals surface area contributed by atoms with E-state index in [9.17, 15) is 13.2 Å². The van der Waals surface area contributed by atoms with Crippen LogP contribution < -0.4 is 4.74 Å². The highest BCUT2D eigenvalue weighted by molar-refractivity contribution is 7.89. The second-order valence-corrected chi connectivity index (χ2v) is 10.3. The van der Waals surface area contributed by atoms with Gasteiger partial charge in [-0.05, 0) is 55.3 Å². The van der Waals surface area contributed by atoms with Gasteiger partial charge in [0.15, 0.2) is 0 Å². The zero-order valence-corrected chi connectivity index (χ0v) is 20.4. The molecule has 0 saturated carbocycles. The van der Waals surface area contributed by atoms with E-state index in [0.717, 1.165) is 9.87 Å². The van der Waals surface area contributed by atoms with Crippen LogP contribution in [0, 0.1) is 0 Å². The lowest BCUT2D eigenvalue weighted by molar-refractivity contribution is -0.128. The van der Waals surface area contributed by atoms with Crippen molar-refractivity contribution in [1.29, 1.82) is 0 Å². The molecule has 0 N–H and O–H groups in total. The van der Waals surface area contributed by atoms with Crippen molar-refractivity contribution in [3.05, 3.63) is 63.6 Å². The molecule has 2 rings (SSSR count). The van der Waals surface area contributed by atoms with Crippen LogP contribution in [-0.4, -0.2) is 50.8 Å². The lowest BCUT2D eigenvalue weighted by atomic mass is 10.1. The molecule has 1 amide bonds. The number of benzene rings is 2. The van der Waals surface area contributed by atoms with Crippen molar-refractivity contribution < 1.29 is 17.9 Å². The highest BCUT2D eigenvalue weighted by Crippen LogP contribution is 2.27. The second kappa shape index (κ2) is 10.5. The topological polar surface area (TPSA) is 66.9 Å². The van der Waals surface area contributed by atoms with Crippen molar-refractivity contribution in [1.82, 2.24) is 9.21 Å². The summed E-state index contributed by atoms with van der Waals surface area (Å²) in [5, 5.41) is 0.884. The predicted molar refractivity (Wildman–Crippen MR) is 125 cm³/mol. The molecule has 0 aromatic heterocycles. The number of carbonyl (C=O) groups excluding carboxylic acids is 1. The number of hydrogen-bond acceptors (Lipinski definition) is 4. The number of sulfonamides is 1. The number of carbonyl (C=O) groups is 1. The Kier molecular flexibility index (Phi) is 8.54. The number of methoxy groups -OCH3 is 1. The molecule has 0 unspecified atom stereocenters. The molecule has 2 aromatic carbocycles. The fourth-order valence-corrected chi connectivity index (χ4v) is 4.21. The maximum Gasteiger partial charge on any atom is 0.247 e. The van der Waals surface area contributed by atoms with Crippen molar-refractivity contribution >= 4 is 45.2 Å². The lowest BCUT2D eigenvalue weighted by Crippen LogP contribution is -2.35. The number of hydrogen-bond donors (Lipinski definition) is 0. The number of rotatable bonds is 8. The maximum atomic E-state index is 12.9. The zero-order chi connectivity index (χ0) is 23.3. The Morgan fingerprint density at radius 1 is 1.10 bits per heavy atom. The minimum atomic E-state index is -3.70. The minimum Gasteiger partial charge on any atom is -0.495 e. The van der Waals surface area contributed by atoms with Crippen LogP contribution in [0.4, 0.5) is 0 Å². The molecule has 0 heterocycles. The van der Waals surface area contributed by atoms with Crippen LogP contribution >= 0.6 is 23.2 Å².